The summed E-state index contributed by atoms with van der Waals surface area (Å²) in [6.45, 7) is 0. The molecule has 1 N–H and O–H groups in total. The summed E-state index contributed by atoms with van der Waals surface area (Å²) in [5.74, 6) is -0.856. The highest BCUT2D eigenvalue weighted by Gasteiger charge is 2.11. The third kappa shape index (κ3) is 1.33. The maximum absolute atomic E-state index is 12.5. The fraction of sp³-hybridized carbons (Fsp3) is 0.167. The Morgan fingerprint density at radius 1 is 1.67 bits per heavy atom. The van der Waals surface area contributed by atoms with Crippen LogP contribution >= 0.6 is 15.9 Å². The van der Waals surface area contributed by atoms with E-state index in [1.165, 1.54) is 6.08 Å². The molecule has 0 spiro atoms. The van der Waals surface area contributed by atoms with Crippen LogP contribution in [0.25, 0.3) is 0 Å². The van der Waals surface area contributed by atoms with Gasteiger partial charge < -0.3 is 5.11 Å². The molecule has 1 rings (SSSR count). The number of aliphatic hydroxyl groups is 1. The first kappa shape index (κ1) is 6.81. The first-order chi connectivity index (χ1) is 4.22. The Morgan fingerprint density at radius 3 is 2.78 bits per heavy atom. The normalized spacial score (nSPS) is 20.0. The summed E-state index contributed by atoms with van der Waals surface area (Å²) in [5, 5.41) is 8.73. The molecule has 0 aromatic rings. The lowest BCUT2D eigenvalue weighted by Gasteiger charge is -2.05. The minimum Gasteiger partial charge on any atom is -0.505 e. The van der Waals surface area contributed by atoms with Gasteiger partial charge >= 0.3 is 0 Å². The van der Waals surface area contributed by atoms with Gasteiger partial charge in [-0.1, -0.05) is 15.9 Å². The van der Waals surface area contributed by atoms with Crippen LogP contribution in [0.3, 0.4) is 0 Å². The Balaban J connectivity index is 2.88. The Kier molecular flexibility index (Phi) is 1.90. The Labute approximate surface area is 61.0 Å². The molecule has 0 aliphatic heterocycles. The monoisotopic (exact) mass is 191 g/mol. The van der Waals surface area contributed by atoms with E-state index in [0.29, 0.717) is 10.9 Å². The number of allylic oxidation sites excluding steroid dienone is 3. The van der Waals surface area contributed by atoms with Crippen LogP contribution in [-0.2, 0) is 0 Å². The molecule has 1 nitrogen and oxygen atoms in total. The van der Waals surface area contributed by atoms with E-state index in [4.69, 9.17) is 5.11 Å². The molecular formula is C6H5BrFO. The zero-order valence-electron chi connectivity index (χ0n) is 4.56. The Hall–Kier alpha value is -0.310. The number of rotatable bonds is 0. The van der Waals surface area contributed by atoms with E-state index in [1.54, 1.807) is 6.42 Å². The van der Waals surface area contributed by atoms with Crippen molar-refractivity contribution in [3.8, 4) is 0 Å². The maximum Gasteiger partial charge on any atom is 0.174 e. The van der Waals surface area contributed by atoms with Crippen LogP contribution in [0.4, 0.5) is 4.39 Å². The molecule has 0 bridgehead atoms. The molecule has 9 heavy (non-hydrogen) atoms. The van der Waals surface area contributed by atoms with Crippen LogP contribution in [-0.4, -0.2) is 5.11 Å². The molecule has 0 aromatic carbocycles. The molecule has 1 aliphatic rings. The molecule has 1 aliphatic carbocycles. The molecule has 0 atom stereocenters. The SMILES string of the molecule is OC1=CC[CH]C(Br)=C1F. The Bertz CT molecular complexity index is 183. The minimum absolute atomic E-state index is 0.274. The fourth-order valence-corrected chi connectivity index (χ4v) is 0.966. The van der Waals surface area contributed by atoms with Crippen LogP contribution in [0.2, 0.25) is 0 Å². The van der Waals surface area contributed by atoms with Crippen molar-refractivity contribution in [1.82, 2.24) is 0 Å². The van der Waals surface area contributed by atoms with Crippen molar-refractivity contribution in [2.24, 2.45) is 0 Å². The minimum atomic E-state index is -0.582. The number of halogens is 2. The van der Waals surface area contributed by atoms with Crippen molar-refractivity contribution in [3.05, 3.63) is 28.6 Å². The third-order valence-corrected chi connectivity index (χ3v) is 1.71. The highest BCUT2D eigenvalue weighted by molar-refractivity contribution is 9.11. The molecule has 3 heteroatoms. The summed E-state index contributed by atoms with van der Waals surface area (Å²) < 4.78 is 12.8. The standard InChI is InChI=1S/C6H5BrFO/c7-4-2-1-3-5(9)6(4)8/h2-3,9H,1H2. The average Bonchev–Trinajstić information content (AvgIpc) is 1.83. The van der Waals surface area contributed by atoms with Crippen molar-refractivity contribution in [2.45, 2.75) is 6.42 Å². The van der Waals surface area contributed by atoms with Gasteiger partial charge in [0, 0.05) is 10.9 Å². The number of hydrogen-bond acceptors (Lipinski definition) is 1. The first-order valence-electron chi connectivity index (χ1n) is 2.50. The van der Waals surface area contributed by atoms with E-state index >= 15 is 0 Å². The highest BCUT2D eigenvalue weighted by Crippen LogP contribution is 2.27. The molecule has 0 amide bonds. The summed E-state index contributed by atoms with van der Waals surface area (Å²) in [6.07, 6.45) is 3.65. The molecule has 49 valence electrons. The van der Waals surface area contributed by atoms with Gasteiger partial charge in [-0.15, -0.1) is 0 Å². The van der Waals surface area contributed by atoms with E-state index in [2.05, 4.69) is 15.9 Å². The summed E-state index contributed by atoms with van der Waals surface area (Å²) in [5.41, 5.74) is 0. The molecule has 0 fully saturated rings. The third-order valence-electron chi connectivity index (χ3n) is 1.04. The van der Waals surface area contributed by atoms with Crippen LogP contribution in [0, 0.1) is 6.42 Å². The van der Waals surface area contributed by atoms with Crippen molar-refractivity contribution >= 4 is 15.9 Å². The van der Waals surface area contributed by atoms with Gasteiger partial charge in [0.25, 0.3) is 0 Å². The van der Waals surface area contributed by atoms with Crippen molar-refractivity contribution in [1.29, 1.82) is 0 Å². The molecule has 0 saturated carbocycles. The predicted molar refractivity (Wildman–Crippen MR) is 36.7 cm³/mol. The summed E-state index contributed by atoms with van der Waals surface area (Å²) >= 11 is 2.94. The second kappa shape index (κ2) is 2.52. The smallest absolute Gasteiger partial charge is 0.174 e. The van der Waals surface area contributed by atoms with Gasteiger partial charge in [0.15, 0.2) is 5.83 Å². The van der Waals surface area contributed by atoms with Gasteiger partial charge in [0.2, 0.25) is 0 Å². The quantitative estimate of drug-likeness (QED) is 0.625. The molecule has 1 radical (unpaired) electrons. The van der Waals surface area contributed by atoms with E-state index < -0.39 is 5.83 Å². The topological polar surface area (TPSA) is 20.2 Å². The van der Waals surface area contributed by atoms with Gasteiger partial charge in [0.1, 0.15) is 5.76 Å². The van der Waals surface area contributed by atoms with Crippen LogP contribution in [0.15, 0.2) is 22.1 Å². The van der Waals surface area contributed by atoms with Crippen LogP contribution < -0.4 is 0 Å². The lowest BCUT2D eigenvalue weighted by Crippen LogP contribution is -1.92. The molecule has 0 heterocycles. The summed E-state index contributed by atoms with van der Waals surface area (Å²) in [4.78, 5) is 0. The van der Waals surface area contributed by atoms with Crippen LogP contribution in [0.1, 0.15) is 6.42 Å². The number of aliphatic hydroxyl groups excluding tert-OH is 1. The lowest BCUT2D eigenvalue weighted by molar-refractivity contribution is 0.384. The summed E-state index contributed by atoms with van der Waals surface area (Å²) in [7, 11) is 0. The summed E-state index contributed by atoms with van der Waals surface area (Å²) in [6, 6.07) is 0. The fourth-order valence-electron chi connectivity index (χ4n) is 0.576. The lowest BCUT2D eigenvalue weighted by atomic mass is 10.2. The van der Waals surface area contributed by atoms with E-state index in [-0.39, 0.29) is 5.76 Å². The van der Waals surface area contributed by atoms with Gasteiger partial charge in [-0.3, -0.25) is 0 Å². The zero-order chi connectivity index (χ0) is 6.85. The van der Waals surface area contributed by atoms with E-state index in [9.17, 15) is 4.39 Å². The predicted octanol–water partition coefficient (Wildman–Crippen LogP) is 2.61. The molecule has 0 aromatic heterocycles. The van der Waals surface area contributed by atoms with Gasteiger partial charge in [-0.05, 0) is 12.5 Å². The second-order valence-corrected chi connectivity index (χ2v) is 2.55. The van der Waals surface area contributed by atoms with Gasteiger partial charge in [0.05, 0.1) is 0 Å². The van der Waals surface area contributed by atoms with Crippen molar-refractivity contribution < 1.29 is 9.50 Å². The van der Waals surface area contributed by atoms with Gasteiger partial charge in [-0.2, -0.15) is 0 Å². The highest BCUT2D eigenvalue weighted by atomic mass is 79.9. The molecule has 0 saturated heterocycles. The van der Waals surface area contributed by atoms with Crippen LogP contribution in [0.5, 0.6) is 0 Å². The Morgan fingerprint density at radius 2 is 2.33 bits per heavy atom. The second-order valence-electron chi connectivity index (χ2n) is 1.69. The first-order valence-corrected chi connectivity index (χ1v) is 3.29. The van der Waals surface area contributed by atoms with E-state index in [0.717, 1.165) is 0 Å². The molecule has 0 unspecified atom stereocenters. The maximum atomic E-state index is 12.5. The number of hydrogen-bond donors (Lipinski definition) is 1. The largest absolute Gasteiger partial charge is 0.505 e. The zero-order valence-corrected chi connectivity index (χ0v) is 6.15. The van der Waals surface area contributed by atoms with Crippen molar-refractivity contribution in [3.63, 3.8) is 0 Å². The average molecular weight is 192 g/mol. The van der Waals surface area contributed by atoms with Gasteiger partial charge in [-0.25, -0.2) is 4.39 Å². The molecular weight excluding hydrogens is 187 g/mol. The van der Waals surface area contributed by atoms with Crippen molar-refractivity contribution in [2.75, 3.05) is 0 Å². The van der Waals surface area contributed by atoms with E-state index in [1.807, 2.05) is 0 Å².